The molecule has 2 rings (SSSR count). The molecule has 3 unspecified atom stereocenters. The van der Waals surface area contributed by atoms with Gasteiger partial charge in [-0.05, 0) is 36.7 Å². The summed E-state index contributed by atoms with van der Waals surface area (Å²) >= 11 is 0. The molecule has 3 atom stereocenters. The van der Waals surface area contributed by atoms with Gasteiger partial charge in [-0.2, -0.15) is 0 Å². The molecule has 0 heterocycles. The van der Waals surface area contributed by atoms with E-state index in [-0.39, 0.29) is 12.7 Å². The molecule has 1 aliphatic rings. The van der Waals surface area contributed by atoms with E-state index in [9.17, 15) is 9.90 Å². The van der Waals surface area contributed by atoms with E-state index in [1.807, 2.05) is 6.07 Å². The van der Waals surface area contributed by atoms with Crippen LogP contribution < -0.4 is 5.73 Å². The van der Waals surface area contributed by atoms with E-state index >= 15 is 0 Å². The van der Waals surface area contributed by atoms with Crippen molar-refractivity contribution in [2.45, 2.75) is 44.8 Å². The van der Waals surface area contributed by atoms with Gasteiger partial charge in [0.1, 0.15) is 0 Å². The summed E-state index contributed by atoms with van der Waals surface area (Å²) in [5.41, 5.74) is 5.22. The third kappa shape index (κ3) is 3.83. The van der Waals surface area contributed by atoms with Crippen molar-refractivity contribution < 1.29 is 14.6 Å². The van der Waals surface area contributed by atoms with E-state index < -0.39 is 11.5 Å². The first-order valence-electron chi connectivity index (χ1n) is 7.61. The van der Waals surface area contributed by atoms with Crippen LogP contribution in [0.15, 0.2) is 30.3 Å². The number of ether oxygens (including phenoxy) is 1. The highest BCUT2D eigenvalue weighted by Gasteiger charge is 2.38. The first-order chi connectivity index (χ1) is 9.91. The minimum atomic E-state index is -1.48. The monoisotopic (exact) mass is 291 g/mol. The van der Waals surface area contributed by atoms with Crippen LogP contribution in [0, 0.1) is 11.8 Å². The summed E-state index contributed by atoms with van der Waals surface area (Å²) < 4.78 is 5.90. The lowest BCUT2D eigenvalue weighted by Gasteiger charge is -2.34. The second-order valence-corrected chi connectivity index (χ2v) is 6.49. The van der Waals surface area contributed by atoms with Crippen LogP contribution in [0.2, 0.25) is 0 Å². The normalized spacial score (nSPS) is 28.8. The summed E-state index contributed by atoms with van der Waals surface area (Å²) in [6, 6.07) is 8.92. The first-order valence-corrected chi connectivity index (χ1v) is 7.61. The molecule has 21 heavy (non-hydrogen) atoms. The Balaban J connectivity index is 2.06. The van der Waals surface area contributed by atoms with Crippen LogP contribution >= 0.6 is 0 Å². The average Bonchev–Trinajstić information content (AvgIpc) is 2.44. The van der Waals surface area contributed by atoms with Crippen molar-refractivity contribution in [1.82, 2.24) is 0 Å². The first kappa shape index (κ1) is 16.0. The predicted octanol–water partition coefficient (Wildman–Crippen LogP) is 2.77. The lowest BCUT2D eigenvalue weighted by atomic mass is 9.81. The van der Waals surface area contributed by atoms with Crippen molar-refractivity contribution in [3.05, 3.63) is 35.9 Å². The third-order valence-corrected chi connectivity index (χ3v) is 4.35. The Morgan fingerprint density at radius 3 is 2.33 bits per heavy atom. The lowest BCUT2D eigenvalue weighted by molar-refractivity contribution is -0.148. The molecular weight excluding hydrogens is 266 g/mol. The molecule has 1 aromatic rings. The van der Waals surface area contributed by atoms with E-state index in [4.69, 9.17) is 10.5 Å². The maximum Gasteiger partial charge on any atom is 0.330 e. The zero-order chi connectivity index (χ0) is 15.5. The fraction of sp³-hybridized carbons (Fsp3) is 0.588. The van der Waals surface area contributed by atoms with Crippen LogP contribution in [0.1, 0.15) is 38.7 Å². The van der Waals surface area contributed by atoms with Crippen LogP contribution in [-0.2, 0) is 15.1 Å². The van der Waals surface area contributed by atoms with Gasteiger partial charge in [0.15, 0.2) is 5.54 Å². The summed E-state index contributed by atoms with van der Waals surface area (Å²) in [5.74, 6) is 0.186. The summed E-state index contributed by atoms with van der Waals surface area (Å²) in [6.07, 6.45) is 3.28. The van der Waals surface area contributed by atoms with E-state index in [1.54, 1.807) is 24.3 Å². The van der Waals surface area contributed by atoms with Crippen molar-refractivity contribution in [2.75, 3.05) is 6.61 Å². The van der Waals surface area contributed by atoms with Crippen molar-refractivity contribution in [3.63, 3.8) is 0 Å². The van der Waals surface area contributed by atoms with E-state index in [0.29, 0.717) is 17.4 Å². The van der Waals surface area contributed by atoms with Gasteiger partial charge in [0.05, 0.1) is 12.7 Å². The molecule has 116 valence electrons. The molecule has 0 amide bonds. The largest absolute Gasteiger partial charge is 0.480 e. The Hall–Kier alpha value is -1.39. The lowest BCUT2D eigenvalue weighted by Crippen LogP contribution is -2.50. The number of rotatable bonds is 5. The molecule has 1 fully saturated rings. The summed E-state index contributed by atoms with van der Waals surface area (Å²) in [5, 5.41) is 9.51. The van der Waals surface area contributed by atoms with Gasteiger partial charge in [-0.25, -0.2) is 4.79 Å². The molecule has 1 aromatic carbocycles. The van der Waals surface area contributed by atoms with E-state index in [2.05, 4.69) is 13.8 Å². The molecule has 0 spiro atoms. The Morgan fingerprint density at radius 1 is 1.24 bits per heavy atom. The predicted molar refractivity (Wildman–Crippen MR) is 81.9 cm³/mol. The van der Waals surface area contributed by atoms with Crippen LogP contribution in [-0.4, -0.2) is 23.8 Å². The number of carbonyl (C=O) groups is 1. The van der Waals surface area contributed by atoms with E-state index in [0.717, 1.165) is 12.8 Å². The summed E-state index contributed by atoms with van der Waals surface area (Å²) in [7, 11) is 0. The van der Waals surface area contributed by atoms with Gasteiger partial charge in [0.2, 0.25) is 0 Å². The van der Waals surface area contributed by atoms with Crippen molar-refractivity contribution in [3.8, 4) is 0 Å². The van der Waals surface area contributed by atoms with Gasteiger partial charge < -0.3 is 15.6 Å². The van der Waals surface area contributed by atoms with Gasteiger partial charge in [0, 0.05) is 0 Å². The van der Waals surface area contributed by atoms with Gasteiger partial charge in [-0.3, -0.25) is 0 Å². The molecule has 0 aliphatic heterocycles. The number of hydrogen-bond donors (Lipinski definition) is 2. The minimum absolute atomic E-state index is 0.0104. The van der Waals surface area contributed by atoms with Crippen LogP contribution in [0.25, 0.3) is 0 Å². The molecule has 4 heteroatoms. The Labute approximate surface area is 126 Å². The zero-order valence-electron chi connectivity index (χ0n) is 12.8. The van der Waals surface area contributed by atoms with Crippen molar-refractivity contribution in [2.24, 2.45) is 17.6 Å². The number of aliphatic carboxylic acids is 1. The fourth-order valence-corrected chi connectivity index (χ4v) is 3.26. The average molecular weight is 291 g/mol. The molecule has 1 saturated carbocycles. The number of hydrogen-bond acceptors (Lipinski definition) is 3. The molecule has 3 N–H and O–H groups in total. The highest BCUT2D eigenvalue weighted by atomic mass is 16.5. The number of carboxylic acids is 1. The van der Waals surface area contributed by atoms with Crippen molar-refractivity contribution >= 4 is 5.97 Å². The number of carboxylic acid groups (broad SMARTS) is 1. The topological polar surface area (TPSA) is 72.5 Å². The number of benzene rings is 1. The van der Waals surface area contributed by atoms with Gasteiger partial charge in [0.25, 0.3) is 0 Å². The quantitative estimate of drug-likeness (QED) is 0.875. The third-order valence-electron chi connectivity index (χ3n) is 4.35. The summed E-state index contributed by atoms with van der Waals surface area (Å²) in [4.78, 5) is 11.6. The van der Waals surface area contributed by atoms with E-state index in [1.165, 1.54) is 6.42 Å². The SMILES string of the molecule is CC1CC(C)CC(OCC(N)(C(=O)O)c2ccccc2)C1. The Bertz CT molecular complexity index is 466. The Kier molecular flexibility index (Phi) is 5.01. The molecule has 0 bridgehead atoms. The molecule has 0 saturated heterocycles. The number of nitrogens with two attached hydrogens (primary N) is 1. The zero-order valence-corrected chi connectivity index (χ0v) is 12.8. The second kappa shape index (κ2) is 6.58. The second-order valence-electron chi connectivity index (χ2n) is 6.49. The highest BCUT2D eigenvalue weighted by Crippen LogP contribution is 2.31. The van der Waals surface area contributed by atoms with Crippen LogP contribution in [0.3, 0.4) is 0 Å². The standard InChI is InChI=1S/C17H25NO3/c1-12-8-13(2)10-15(9-12)21-11-17(18,16(19)20)14-6-4-3-5-7-14/h3-7,12-13,15H,8-11,18H2,1-2H3,(H,19,20). The minimum Gasteiger partial charge on any atom is -0.480 e. The maximum absolute atomic E-state index is 11.6. The molecule has 0 radical (unpaired) electrons. The molecule has 0 aromatic heterocycles. The summed E-state index contributed by atoms with van der Waals surface area (Å²) in [6.45, 7) is 4.45. The molecule has 1 aliphatic carbocycles. The van der Waals surface area contributed by atoms with Gasteiger partial charge in [-0.15, -0.1) is 0 Å². The smallest absolute Gasteiger partial charge is 0.330 e. The van der Waals surface area contributed by atoms with Gasteiger partial charge in [-0.1, -0.05) is 44.2 Å². The molecule has 4 nitrogen and oxygen atoms in total. The van der Waals surface area contributed by atoms with Crippen molar-refractivity contribution in [1.29, 1.82) is 0 Å². The maximum atomic E-state index is 11.6. The fourth-order valence-electron chi connectivity index (χ4n) is 3.26. The Morgan fingerprint density at radius 2 is 1.81 bits per heavy atom. The van der Waals surface area contributed by atoms with Gasteiger partial charge >= 0.3 is 5.97 Å². The van der Waals surface area contributed by atoms with Crippen LogP contribution in [0.4, 0.5) is 0 Å². The molecular formula is C17H25NO3. The highest BCUT2D eigenvalue weighted by molar-refractivity contribution is 5.80. The van der Waals surface area contributed by atoms with Crippen LogP contribution in [0.5, 0.6) is 0 Å².